The van der Waals surface area contributed by atoms with Crippen LogP contribution in [0.25, 0.3) is 0 Å². The fraction of sp³-hybridized carbons (Fsp3) is 0.250. The van der Waals surface area contributed by atoms with Gasteiger partial charge in [-0.25, -0.2) is 0 Å². The zero-order chi connectivity index (χ0) is 13.2. The second kappa shape index (κ2) is 4.83. The minimum atomic E-state index is -0.988. The molecule has 2 heteroatoms. The van der Waals surface area contributed by atoms with E-state index < -0.39 is 5.60 Å². The highest BCUT2D eigenvalue weighted by Crippen LogP contribution is 2.31. The van der Waals surface area contributed by atoms with E-state index in [1.807, 2.05) is 62.4 Å². The van der Waals surface area contributed by atoms with E-state index in [0.717, 1.165) is 22.4 Å². The summed E-state index contributed by atoms with van der Waals surface area (Å²) >= 11 is 0. The Morgan fingerprint density at radius 1 is 1.00 bits per heavy atom. The van der Waals surface area contributed by atoms with Gasteiger partial charge in [-0.05, 0) is 42.7 Å². The molecule has 0 aliphatic carbocycles. The first-order chi connectivity index (χ1) is 8.55. The van der Waals surface area contributed by atoms with Gasteiger partial charge in [0.1, 0.15) is 11.4 Å². The first-order valence-corrected chi connectivity index (χ1v) is 5.98. The largest absolute Gasteiger partial charge is 0.497 e. The van der Waals surface area contributed by atoms with Crippen molar-refractivity contribution in [1.29, 1.82) is 0 Å². The molecule has 0 aliphatic heterocycles. The summed E-state index contributed by atoms with van der Waals surface area (Å²) in [4.78, 5) is 0. The van der Waals surface area contributed by atoms with Crippen molar-refractivity contribution < 1.29 is 9.84 Å². The minimum Gasteiger partial charge on any atom is -0.497 e. The molecular formula is C16H18O2. The zero-order valence-electron chi connectivity index (χ0n) is 11.0. The molecule has 0 aliphatic rings. The molecule has 94 valence electrons. The summed E-state index contributed by atoms with van der Waals surface area (Å²) in [7, 11) is 1.63. The van der Waals surface area contributed by atoms with Crippen molar-refractivity contribution in [2.24, 2.45) is 0 Å². The number of rotatable bonds is 3. The van der Waals surface area contributed by atoms with Crippen LogP contribution in [0.1, 0.15) is 23.6 Å². The molecule has 1 N–H and O–H groups in total. The molecule has 2 aromatic carbocycles. The molecule has 0 aromatic heterocycles. The van der Waals surface area contributed by atoms with Crippen molar-refractivity contribution in [1.82, 2.24) is 0 Å². The minimum absolute atomic E-state index is 0.791. The average Bonchev–Trinajstić information content (AvgIpc) is 2.39. The predicted molar refractivity (Wildman–Crippen MR) is 72.8 cm³/mol. The third kappa shape index (κ3) is 2.24. The second-order valence-electron chi connectivity index (χ2n) is 4.62. The SMILES string of the molecule is COc1ccc(C(C)(O)c2ccccc2C)cc1. The van der Waals surface area contributed by atoms with Crippen LogP contribution in [-0.2, 0) is 5.60 Å². The smallest absolute Gasteiger partial charge is 0.118 e. The zero-order valence-corrected chi connectivity index (χ0v) is 11.0. The first kappa shape index (κ1) is 12.7. The highest BCUT2D eigenvalue weighted by Gasteiger charge is 2.26. The van der Waals surface area contributed by atoms with Crippen LogP contribution in [0, 0.1) is 6.92 Å². The van der Waals surface area contributed by atoms with Gasteiger partial charge in [-0.15, -0.1) is 0 Å². The maximum atomic E-state index is 10.8. The standard InChI is InChI=1S/C16H18O2/c1-12-6-4-5-7-15(12)16(2,17)13-8-10-14(18-3)11-9-13/h4-11,17H,1-3H3. The predicted octanol–water partition coefficient (Wildman–Crippen LogP) is 3.26. The lowest BCUT2D eigenvalue weighted by Crippen LogP contribution is -2.23. The lowest BCUT2D eigenvalue weighted by atomic mass is 9.86. The average molecular weight is 242 g/mol. The first-order valence-electron chi connectivity index (χ1n) is 5.98. The topological polar surface area (TPSA) is 29.5 Å². The number of aryl methyl sites for hydroxylation is 1. The summed E-state index contributed by atoms with van der Waals surface area (Å²) < 4.78 is 5.13. The fourth-order valence-corrected chi connectivity index (χ4v) is 2.19. The van der Waals surface area contributed by atoms with Gasteiger partial charge < -0.3 is 9.84 Å². The van der Waals surface area contributed by atoms with Crippen LogP contribution >= 0.6 is 0 Å². The number of aliphatic hydroxyl groups is 1. The molecule has 2 nitrogen and oxygen atoms in total. The molecule has 0 saturated heterocycles. The Morgan fingerprint density at radius 3 is 2.17 bits per heavy atom. The van der Waals surface area contributed by atoms with Gasteiger partial charge in [0.2, 0.25) is 0 Å². The summed E-state index contributed by atoms with van der Waals surface area (Å²) in [5.41, 5.74) is 1.88. The molecular weight excluding hydrogens is 224 g/mol. The van der Waals surface area contributed by atoms with E-state index in [2.05, 4.69) is 0 Å². The van der Waals surface area contributed by atoms with Gasteiger partial charge in [0.25, 0.3) is 0 Å². The molecule has 0 amide bonds. The van der Waals surface area contributed by atoms with Crippen LogP contribution in [-0.4, -0.2) is 12.2 Å². The van der Waals surface area contributed by atoms with Gasteiger partial charge in [-0.3, -0.25) is 0 Å². The number of ether oxygens (including phenoxy) is 1. The summed E-state index contributed by atoms with van der Waals surface area (Å²) in [6.45, 7) is 3.82. The number of hydrogen-bond donors (Lipinski definition) is 1. The van der Waals surface area contributed by atoms with Gasteiger partial charge in [-0.2, -0.15) is 0 Å². The van der Waals surface area contributed by atoms with Gasteiger partial charge in [0.05, 0.1) is 7.11 Å². The molecule has 18 heavy (non-hydrogen) atoms. The second-order valence-corrected chi connectivity index (χ2v) is 4.62. The van der Waals surface area contributed by atoms with Crippen molar-refractivity contribution in [3.8, 4) is 5.75 Å². The van der Waals surface area contributed by atoms with E-state index in [4.69, 9.17) is 4.74 Å². The number of methoxy groups -OCH3 is 1. The third-order valence-electron chi connectivity index (χ3n) is 3.32. The molecule has 0 saturated carbocycles. The normalized spacial score (nSPS) is 14.0. The van der Waals surface area contributed by atoms with Crippen molar-refractivity contribution in [3.63, 3.8) is 0 Å². The van der Waals surface area contributed by atoms with Crippen LogP contribution in [0.5, 0.6) is 5.75 Å². The van der Waals surface area contributed by atoms with Gasteiger partial charge in [0, 0.05) is 0 Å². The molecule has 2 rings (SSSR count). The fourth-order valence-electron chi connectivity index (χ4n) is 2.19. The van der Waals surface area contributed by atoms with E-state index in [1.54, 1.807) is 7.11 Å². The van der Waals surface area contributed by atoms with Crippen LogP contribution in [0.3, 0.4) is 0 Å². The van der Waals surface area contributed by atoms with Gasteiger partial charge >= 0.3 is 0 Å². The quantitative estimate of drug-likeness (QED) is 0.895. The van der Waals surface area contributed by atoms with E-state index in [0.29, 0.717) is 0 Å². The Morgan fingerprint density at radius 2 is 1.61 bits per heavy atom. The lowest BCUT2D eigenvalue weighted by molar-refractivity contribution is 0.101. The molecule has 0 radical (unpaired) electrons. The highest BCUT2D eigenvalue weighted by atomic mass is 16.5. The van der Waals surface area contributed by atoms with E-state index in [9.17, 15) is 5.11 Å². The maximum Gasteiger partial charge on any atom is 0.118 e. The summed E-state index contributed by atoms with van der Waals surface area (Å²) in [6.07, 6.45) is 0. The van der Waals surface area contributed by atoms with E-state index >= 15 is 0 Å². The molecule has 0 fully saturated rings. The summed E-state index contributed by atoms with van der Waals surface area (Å²) in [6, 6.07) is 15.4. The van der Waals surface area contributed by atoms with Crippen LogP contribution in [0.15, 0.2) is 48.5 Å². The molecule has 0 spiro atoms. The Hall–Kier alpha value is -1.80. The third-order valence-corrected chi connectivity index (χ3v) is 3.32. The summed E-state index contributed by atoms with van der Waals surface area (Å²) in [5.74, 6) is 0.791. The Balaban J connectivity index is 2.44. The van der Waals surface area contributed by atoms with Crippen molar-refractivity contribution >= 4 is 0 Å². The van der Waals surface area contributed by atoms with Gasteiger partial charge in [-0.1, -0.05) is 36.4 Å². The van der Waals surface area contributed by atoms with Crippen molar-refractivity contribution in [3.05, 3.63) is 65.2 Å². The Bertz CT molecular complexity index is 527. The van der Waals surface area contributed by atoms with Crippen LogP contribution < -0.4 is 4.74 Å². The van der Waals surface area contributed by atoms with Crippen molar-refractivity contribution in [2.75, 3.05) is 7.11 Å². The molecule has 2 aromatic rings. The number of hydrogen-bond acceptors (Lipinski definition) is 2. The monoisotopic (exact) mass is 242 g/mol. The molecule has 0 bridgehead atoms. The molecule has 1 unspecified atom stereocenters. The van der Waals surface area contributed by atoms with Crippen LogP contribution in [0.4, 0.5) is 0 Å². The molecule has 1 atom stereocenters. The highest BCUT2D eigenvalue weighted by molar-refractivity contribution is 5.41. The number of benzene rings is 2. The van der Waals surface area contributed by atoms with Crippen molar-refractivity contribution in [2.45, 2.75) is 19.4 Å². The van der Waals surface area contributed by atoms with E-state index in [1.165, 1.54) is 0 Å². The lowest BCUT2D eigenvalue weighted by Gasteiger charge is -2.26. The maximum absolute atomic E-state index is 10.8. The van der Waals surface area contributed by atoms with Gasteiger partial charge in [0.15, 0.2) is 0 Å². The Kier molecular flexibility index (Phi) is 3.39. The van der Waals surface area contributed by atoms with Crippen LogP contribution in [0.2, 0.25) is 0 Å². The summed E-state index contributed by atoms with van der Waals surface area (Å²) in [5, 5.41) is 10.8. The molecule has 0 heterocycles. The van der Waals surface area contributed by atoms with E-state index in [-0.39, 0.29) is 0 Å². The Labute approximate surface area is 108 Å².